The Balaban J connectivity index is 1.75. The van der Waals surface area contributed by atoms with E-state index in [1.807, 2.05) is 11.5 Å². The van der Waals surface area contributed by atoms with Crippen LogP contribution in [0, 0.1) is 17.2 Å². The number of hydrogen-bond donors (Lipinski definition) is 2. The van der Waals surface area contributed by atoms with E-state index in [2.05, 4.69) is 16.3 Å². The minimum absolute atomic E-state index is 0.0345. The molecule has 10 nitrogen and oxygen atoms in total. The number of nitrogens with two attached hydrogens (primary N) is 1. The Hall–Kier alpha value is -3.84. The molecule has 1 aliphatic heterocycles. The molecule has 37 heavy (non-hydrogen) atoms. The first-order chi connectivity index (χ1) is 17.8. The van der Waals surface area contributed by atoms with Crippen LogP contribution in [-0.2, 0) is 20.1 Å². The zero-order chi connectivity index (χ0) is 26.3. The van der Waals surface area contributed by atoms with Crippen molar-refractivity contribution < 1.29 is 4.79 Å². The highest BCUT2D eigenvalue weighted by Crippen LogP contribution is 2.33. The normalized spacial score (nSPS) is 17.7. The lowest BCUT2D eigenvalue weighted by molar-refractivity contribution is 0.0953. The van der Waals surface area contributed by atoms with Gasteiger partial charge in [-0.15, -0.1) is 0 Å². The molecule has 10 heteroatoms. The molecule has 0 radical (unpaired) electrons. The monoisotopic (exact) mass is 503 g/mol. The van der Waals surface area contributed by atoms with Crippen molar-refractivity contribution in [2.75, 3.05) is 24.5 Å². The van der Waals surface area contributed by atoms with Crippen LogP contribution in [-0.4, -0.2) is 45.3 Å². The van der Waals surface area contributed by atoms with Crippen molar-refractivity contribution in [2.24, 2.45) is 18.7 Å². The summed E-state index contributed by atoms with van der Waals surface area (Å²) in [5.41, 5.74) is 7.29. The minimum Gasteiger partial charge on any atom is -0.356 e. The predicted octanol–water partition coefficient (Wildman–Crippen LogP) is 1.51. The van der Waals surface area contributed by atoms with E-state index in [0.29, 0.717) is 65.6 Å². The lowest BCUT2D eigenvalue weighted by atomic mass is 10.1. The molecule has 1 atom stereocenters. The highest BCUT2D eigenvalue weighted by Gasteiger charge is 2.33. The topological polar surface area (TPSA) is 131 Å². The Bertz CT molecular complexity index is 1520. The number of aryl methyl sites for hydroxylation is 2. The van der Waals surface area contributed by atoms with Crippen LogP contribution in [0.2, 0.25) is 0 Å². The number of fused-ring (bicyclic) bond motifs is 1. The molecule has 5 rings (SSSR count). The molecule has 3 N–H and O–H groups in total. The Morgan fingerprint density at radius 2 is 1.92 bits per heavy atom. The van der Waals surface area contributed by atoms with Crippen LogP contribution in [0.4, 0.5) is 5.82 Å². The van der Waals surface area contributed by atoms with Crippen molar-refractivity contribution in [3.8, 4) is 6.07 Å². The van der Waals surface area contributed by atoms with Gasteiger partial charge in [0.1, 0.15) is 16.9 Å². The number of piperidine rings is 1. The van der Waals surface area contributed by atoms with Gasteiger partial charge in [0.05, 0.1) is 23.7 Å². The zero-order valence-electron chi connectivity index (χ0n) is 21.4. The van der Waals surface area contributed by atoms with Gasteiger partial charge in [-0.1, -0.05) is 18.2 Å². The fraction of sp³-hybridized carbons (Fsp3) is 0.481. The zero-order valence-corrected chi connectivity index (χ0v) is 21.4. The summed E-state index contributed by atoms with van der Waals surface area (Å²) in [6.45, 7) is 4.19. The summed E-state index contributed by atoms with van der Waals surface area (Å²) in [4.78, 5) is 43.3. The van der Waals surface area contributed by atoms with Gasteiger partial charge in [-0.25, -0.2) is 4.79 Å². The van der Waals surface area contributed by atoms with Crippen LogP contribution in [0.3, 0.4) is 0 Å². The van der Waals surface area contributed by atoms with Crippen molar-refractivity contribution >= 4 is 22.8 Å². The third-order valence-electron chi connectivity index (χ3n) is 7.53. The summed E-state index contributed by atoms with van der Waals surface area (Å²) in [5, 5.41) is 12.6. The molecule has 1 amide bonds. The molecule has 194 valence electrons. The maximum atomic E-state index is 14.0. The van der Waals surface area contributed by atoms with Gasteiger partial charge < -0.3 is 20.5 Å². The fourth-order valence-electron chi connectivity index (χ4n) is 5.40. The van der Waals surface area contributed by atoms with Gasteiger partial charge in [0.15, 0.2) is 0 Å². The van der Waals surface area contributed by atoms with Crippen LogP contribution in [0.5, 0.6) is 0 Å². The maximum absolute atomic E-state index is 14.0. The number of amides is 1. The SMILES string of the molecule is CCn1c(N2CCC[C@@H](N)C2)c(C(=O)NCC2CC2)c2c1c(=O)n(Cc1ccccc1C#N)c(=O)n2C. The first-order valence-electron chi connectivity index (χ1n) is 13.0. The molecule has 2 fully saturated rings. The molecule has 0 spiro atoms. The van der Waals surface area contributed by atoms with Crippen molar-refractivity contribution in [1.29, 1.82) is 5.26 Å². The third kappa shape index (κ3) is 4.44. The molecule has 0 bridgehead atoms. The predicted molar refractivity (Wildman–Crippen MR) is 142 cm³/mol. The summed E-state index contributed by atoms with van der Waals surface area (Å²) >= 11 is 0. The van der Waals surface area contributed by atoms with E-state index in [-0.39, 0.29) is 18.5 Å². The summed E-state index contributed by atoms with van der Waals surface area (Å²) < 4.78 is 4.41. The number of carbonyl (C=O) groups excluding carboxylic acids is 1. The van der Waals surface area contributed by atoms with Gasteiger partial charge in [0.25, 0.3) is 11.5 Å². The number of nitriles is 1. The van der Waals surface area contributed by atoms with Crippen molar-refractivity contribution in [2.45, 2.75) is 51.7 Å². The molecule has 3 aromatic rings. The Morgan fingerprint density at radius 1 is 1.16 bits per heavy atom. The number of nitrogens with zero attached hydrogens (tertiary/aromatic N) is 5. The van der Waals surface area contributed by atoms with Gasteiger partial charge in [0, 0.05) is 39.3 Å². The van der Waals surface area contributed by atoms with Crippen molar-refractivity contribution in [3.05, 3.63) is 61.8 Å². The average Bonchev–Trinajstić information content (AvgIpc) is 3.67. The van der Waals surface area contributed by atoms with Crippen molar-refractivity contribution in [1.82, 2.24) is 19.0 Å². The van der Waals surface area contributed by atoms with Gasteiger partial charge >= 0.3 is 5.69 Å². The summed E-state index contributed by atoms with van der Waals surface area (Å²) in [6.07, 6.45) is 3.97. The molecule has 2 aliphatic rings. The van der Waals surface area contributed by atoms with Gasteiger partial charge in [-0.2, -0.15) is 5.26 Å². The third-order valence-corrected chi connectivity index (χ3v) is 7.53. The number of carbonyl (C=O) groups is 1. The largest absolute Gasteiger partial charge is 0.356 e. The van der Waals surface area contributed by atoms with Crippen molar-refractivity contribution in [3.63, 3.8) is 0 Å². The minimum atomic E-state index is -0.531. The van der Waals surface area contributed by atoms with E-state index in [9.17, 15) is 19.6 Å². The van der Waals surface area contributed by atoms with Crippen LogP contribution >= 0.6 is 0 Å². The Morgan fingerprint density at radius 3 is 2.59 bits per heavy atom. The van der Waals surface area contributed by atoms with Crippen LogP contribution in [0.15, 0.2) is 33.9 Å². The summed E-state index contributed by atoms with van der Waals surface area (Å²) in [6, 6.07) is 9.02. The number of anilines is 1. The van der Waals surface area contributed by atoms with Crippen LogP contribution in [0.1, 0.15) is 54.1 Å². The molecular formula is C27H33N7O3. The molecule has 2 aromatic heterocycles. The van der Waals surface area contributed by atoms with E-state index in [4.69, 9.17) is 5.73 Å². The molecule has 3 heterocycles. The fourth-order valence-corrected chi connectivity index (χ4v) is 5.40. The second-order valence-corrected chi connectivity index (χ2v) is 10.1. The number of benzene rings is 1. The molecule has 1 saturated heterocycles. The van der Waals surface area contributed by atoms with Crippen LogP contribution in [0.25, 0.3) is 11.0 Å². The number of rotatable bonds is 7. The standard InChI is InChI=1S/C27H33N7O3/c1-3-33-23-22(31(2)27(37)34(26(23)36)15-19-8-5-4-7-18(19)13-28)21(24(35)30-14-17-10-11-17)25(33)32-12-6-9-20(29)16-32/h4-5,7-8,17,20H,3,6,9-12,14-16,29H2,1-2H3,(H,30,35)/t20-/m1/s1. The number of hydrogen-bond acceptors (Lipinski definition) is 6. The number of nitrogens with one attached hydrogen (secondary N) is 1. The average molecular weight is 504 g/mol. The number of aromatic nitrogens is 3. The quantitative estimate of drug-likeness (QED) is 0.503. The first kappa shape index (κ1) is 24.8. The van der Waals surface area contributed by atoms with E-state index < -0.39 is 11.2 Å². The summed E-state index contributed by atoms with van der Waals surface area (Å²) in [5.74, 6) is 0.847. The highest BCUT2D eigenvalue weighted by molar-refractivity contribution is 6.11. The van der Waals surface area contributed by atoms with Gasteiger partial charge in [-0.05, 0) is 50.2 Å². The molecule has 1 aliphatic carbocycles. The highest BCUT2D eigenvalue weighted by atomic mass is 16.2. The van der Waals surface area contributed by atoms with E-state index in [1.54, 1.807) is 31.3 Å². The summed E-state index contributed by atoms with van der Waals surface area (Å²) in [7, 11) is 1.60. The second-order valence-electron chi connectivity index (χ2n) is 10.1. The van der Waals surface area contributed by atoms with E-state index in [1.165, 1.54) is 4.57 Å². The van der Waals surface area contributed by atoms with E-state index in [0.717, 1.165) is 30.3 Å². The molecule has 1 saturated carbocycles. The van der Waals surface area contributed by atoms with Gasteiger partial charge in [-0.3, -0.25) is 18.7 Å². The van der Waals surface area contributed by atoms with Crippen LogP contribution < -0.4 is 27.2 Å². The lowest BCUT2D eigenvalue weighted by Gasteiger charge is -2.33. The Kier molecular flexibility index (Phi) is 6.65. The maximum Gasteiger partial charge on any atom is 0.331 e. The smallest absolute Gasteiger partial charge is 0.331 e. The Labute approximate surface area is 214 Å². The first-order valence-corrected chi connectivity index (χ1v) is 13.0. The molecule has 0 unspecified atom stereocenters. The lowest BCUT2D eigenvalue weighted by Crippen LogP contribution is -2.44. The van der Waals surface area contributed by atoms with E-state index >= 15 is 0 Å². The second kappa shape index (κ2) is 9.90. The molecule has 1 aromatic carbocycles. The van der Waals surface area contributed by atoms with Gasteiger partial charge in [0.2, 0.25) is 0 Å². The molecular weight excluding hydrogens is 470 g/mol.